The molecule has 27 heteroatoms. The van der Waals surface area contributed by atoms with Crippen LogP contribution in [0.4, 0.5) is 42.6 Å². The molecule has 5 saturated heterocycles. The van der Waals surface area contributed by atoms with Crippen molar-refractivity contribution < 1.29 is 22.3 Å². The number of benzene rings is 12. The minimum Gasteiger partial charge on any atom is -0.497 e. The number of fused-ring (bicyclic) bond motifs is 9. The number of hydrogen-bond acceptors (Lipinski definition) is 17. The van der Waals surface area contributed by atoms with Crippen LogP contribution in [0, 0.1) is 44.0 Å². The zero-order chi connectivity index (χ0) is 92.1. The average molecular weight is 1980 g/mol. The van der Waals surface area contributed by atoms with Gasteiger partial charge in [0.15, 0.2) is 17.5 Å². The van der Waals surface area contributed by atoms with Gasteiger partial charge in [-0.25, -0.2) is 17.6 Å². The molecule has 18 aromatic rings. The van der Waals surface area contributed by atoms with Gasteiger partial charge in [-0.2, -0.15) is 21.9 Å². The summed E-state index contributed by atoms with van der Waals surface area (Å²) in [7, 11) is 1.70. The number of H-pyrrole nitrogens is 1. The molecule has 0 bridgehead atoms. The Kier molecular flexibility index (Phi) is 27.2. The number of ether oxygens (including phenoxy) is 1. The molecule has 6 aliphatic rings. The highest BCUT2D eigenvalue weighted by Crippen LogP contribution is 2.51. The van der Waals surface area contributed by atoms with Crippen molar-refractivity contribution in [3.63, 3.8) is 0 Å². The first-order valence-electron chi connectivity index (χ1n) is 46.1. The number of aliphatic imine (C=N–C) groups is 1. The molecule has 1 atom stereocenters. The molecule has 5 fully saturated rings. The second kappa shape index (κ2) is 39.8. The van der Waals surface area contributed by atoms with Crippen molar-refractivity contribution in [1.29, 1.82) is 0 Å². The van der Waals surface area contributed by atoms with E-state index in [4.69, 9.17) is 67.1 Å². The van der Waals surface area contributed by atoms with Gasteiger partial charge in [0, 0.05) is 170 Å². The van der Waals surface area contributed by atoms with Crippen LogP contribution in [-0.4, -0.2) is 105 Å². The molecule has 13 nitrogen and oxygen atoms in total. The number of nitrogens with zero attached hydrogens (tertiary/aromatic N) is 11. The second-order valence-corrected chi connectivity index (χ2v) is 41.3. The van der Waals surface area contributed by atoms with E-state index in [1.54, 1.807) is 24.7 Å². The topological polar surface area (TPSA) is 118 Å². The molecule has 0 amide bonds. The van der Waals surface area contributed by atoms with E-state index in [-0.39, 0.29) is 23.3 Å². The van der Waals surface area contributed by atoms with Crippen LogP contribution in [0.5, 0.6) is 5.75 Å². The molecule has 1 N–H and O–H groups in total. The number of para-hydroxylation sites is 1. The molecule has 24 rings (SSSR count). The maximum absolute atomic E-state index is 15.7. The Bertz CT molecular complexity index is 7510. The first kappa shape index (κ1) is 91.5. The van der Waals surface area contributed by atoms with Gasteiger partial charge in [0.1, 0.15) is 53.1 Å². The van der Waals surface area contributed by atoms with E-state index in [0.717, 1.165) is 229 Å². The van der Waals surface area contributed by atoms with Crippen molar-refractivity contribution in [1.82, 2.24) is 26.9 Å². The maximum Gasteiger partial charge on any atom is 0.159 e. The Labute approximate surface area is 821 Å². The quantitative estimate of drug-likeness (QED) is 0.125. The lowest BCUT2D eigenvalue weighted by atomic mass is 9.91. The lowest BCUT2D eigenvalue weighted by Gasteiger charge is -2.34. The highest BCUT2D eigenvalue weighted by Gasteiger charge is 2.32. The largest absolute Gasteiger partial charge is 0.497 e. The Morgan fingerprint density at radius 2 is 0.821 bits per heavy atom. The molecule has 0 spiro atoms. The average Bonchev–Trinajstić information content (AvgIpc) is 1.57. The van der Waals surface area contributed by atoms with Crippen molar-refractivity contribution in [2.24, 2.45) is 4.99 Å². The summed E-state index contributed by atoms with van der Waals surface area (Å²) in [5, 5.41) is 18.2. The van der Waals surface area contributed by atoms with E-state index in [2.05, 4.69) is 113 Å². The Hall–Kier alpha value is -10.2. The number of rotatable bonds is 11. The molecule has 12 aromatic carbocycles. The number of hydrogen-bond donors (Lipinski definition) is 1. The molecular formula is C107H97Cl5F4N12OS5. The summed E-state index contributed by atoms with van der Waals surface area (Å²) >= 11 is 40.6. The number of aromatic nitrogens is 6. The van der Waals surface area contributed by atoms with E-state index in [0.29, 0.717) is 71.5 Å². The molecule has 0 saturated carbocycles. The van der Waals surface area contributed by atoms with E-state index in [1.165, 1.54) is 146 Å². The summed E-state index contributed by atoms with van der Waals surface area (Å²) in [6.45, 7) is 18.1. The fraction of sp³-hybridized carbons (Fsp3) is 0.290. The third-order valence-electron chi connectivity index (χ3n) is 27.0. The van der Waals surface area contributed by atoms with Crippen molar-refractivity contribution in [3.05, 3.63) is 252 Å². The van der Waals surface area contributed by atoms with E-state index < -0.39 is 0 Å². The summed E-state index contributed by atoms with van der Waals surface area (Å²) in [6.07, 6.45) is 22.0. The Morgan fingerprint density at radius 3 is 1.40 bits per heavy atom. The molecule has 0 aliphatic carbocycles. The maximum atomic E-state index is 15.7. The molecule has 0 unspecified atom stereocenters. The van der Waals surface area contributed by atoms with Crippen LogP contribution in [0.3, 0.4) is 0 Å². The van der Waals surface area contributed by atoms with Gasteiger partial charge in [0.25, 0.3) is 0 Å². The zero-order valence-electron chi connectivity index (χ0n) is 74.8. The number of aromatic amines is 1. The van der Waals surface area contributed by atoms with E-state index >= 15 is 13.2 Å². The number of nitrogens with one attached hydrogen (secondary N) is 1. The van der Waals surface area contributed by atoms with Crippen molar-refractivity contribution >= 4 is 234 Å². The molecule has 684 valence electrons. The molecule has 134 heavy (non-hydrogen) atoms. The van der Waals surface area contributed by atoms with Gasteiger partial charge in [-0.15, -0.1) is 0 Å². The summed E-state index contributed by atoms with van der Waals surface area (Å²) in [5.74, 6) is -0.399. The lowest BCUT2D eigenvalue weighted by Crippen LogP contribution is -2.36. The minimum absolute atomic E-state index is 0.247. The third-order valence-corrected chi connectivity index (χ3v) is 33.2. The Balaban J connectivity index is 0.000000104. The monoisotopic (exact) mass is 1980 g/mol. The number of anilines is 5. The molecule has 6 aromatic heterocycles. The van der Waals surface area contributed by atoms with Gasteiger partial charge in [0.05, 0.1) is 39.8 Å². The second-order valence-electron chi connectivity index (χ2n) is 35.6. The number of methoxy groups -OCH3 is 1. The summed E-state index contributed by atoms with van der Waals surface area (Å²) < 4.78 is 89.6. The normalized spacial score (nSPS) is 15.8. The molecule has 0 radical (unpaired) electrons. The van der Waals surface area contributed by atoms with E-state index in [1.807, 2.05) is 136 Å². The first-order valence-corrected chi connectivity index (χ1v) is 51.9. The molecule has 6 aliphatic heterocycles. The Morgan fingerprint density at radius 1 is 0.366 bits per heavy atom. The van der Waals surface area contributed by atoms with Gasteiger partial charge in [-0.3, -0.25) is 4.99 Å². The van der Waals surface area contributed by atoms with Crippen LogP contribution in [0.25, 0.3) is 143 Å². The van der Waals surface area contributed by atoms with Crippen LogP contribution in [-0.2, 0) is 6.54 Å². The van der Waals surface area contributed by atoms with E-state index in [9.17, 15) is 4.39 Å². The van der Waals surface area contributed by atoms with Gasteiger partial charge in [-0.1, -0.05) is 161 Å². The van der Waals surface area contributed by atoms with Crippen molar-refractivity contribution in [2.75, 3.05) is 90.5 Å². The summed E-state index contributed by atoms with van der Waals surface area (Å²) in [5.41, 5.74) is 16.2. The lowest BCUT2D eigenvalue weighted by molar-refractivity contribution is 0.415. The van der Waals surface area contributed by atoms with Crippen LogP contribution in [0.15, 0.2) is 181 Å². The van der Waals surface area contributed by atoms with Crippen LogP contribution in [0.2, 0.25) is 25.1 Å². The number of halogens is 9. The summed E-state index contributed by atoms with van der Waals surface area (Å²) in [4.78, 5) is 19.4. The van der Waals surface area contributed by atoms with Gasteiger partial charge in [-0.05, 0) is 309 Å². The van der Waals surface area contributed by atoms with Crippen LogP contribution in [0.1, 0.15) is 131 Å². The number of piperidine rings is 5. The predicted molar refractivity (Wildman–Crippen MR) is 564 cm³/mol. The van der Waals surface area contributed by atoms with Gasteiger partial charge in [0.2, 0.25) is 0 Å². The fourth-order valence-corrected chi connectivity index (χ4v) is 26.1. The summed E-state index contributed by atoms with van der Waals surface area (Å²) in [6, 6.07) is 55.8. The zero-order valence-corrected chi connectivity index (χ0v) is 82.7. The van der Waals surface area contributed by atoms with Crippen molar-refractivity contribution in [3.8, 4) is 61.4 Å². The smallest absolute Gasteiger partial charge is 0.159 e. The SMILES string of the molecule is COc1cc(-c2cc3nsc(N4CCCCC4)c3cc2Cl)c2ccccc2c1.Cc1ccc2c(c1-c1c(Cl)cc3c(N4CCCC[C@@H]4C)snc3c1F)C=NC2.Cc1ccc2ccccc2c1-c1c(Cl)cc2c(N3CCCCC3)snc2c1F.Cc1cccc(F)c1-c1cc2nsc(N3CCCCC3)c2cc1Cl.Fc1c(-c2c[nH]c3ccccc23)c(Cl)cc2c(N3CCCCC3)snc12. The predicted octanol–water partition coefficient (Wildman–Crippen LogP) is 32.6. The number of aryl methyl sites for hydroxylation is 3. The highest BCUT2D eigenvalue weighted by atomic mass is 35.5. The molecule has 12 heterocycles. The standard InChI is InChI=1S/C23H20ClFN2S.C23H21ClN2OS.C22H21ClFN3S.C20H17ClFN3S.C19H18ClFN2S/c1-14-9-10-15-7-3-4-8-16(15)19(14)20-18(24)13-17-22(21(20)25)26-28-23(17)27-11-5-2-6-12-27;1-27-16-11-15-7-3-4-8-17(15)18(12-16)19-14-22-20(13-21(19)24)23(28-25-22)26-9-5-2-6-10-26;1-12-6-7-14-10-25-11-16(14)18(12)19-17(23)9-15-21(20(19)24)26-28-22(15)27-8-4-3-5-13(27)2;21-15-10-13-19(24-26-20(13)25-8-4-1-5-9-25)18(22)17(15)14-11-23-16-7-3-2-6-12(14)16;1-12-6-5-7-16(21)18(12)13-11-17-14(10-15(13)20)19(24-22-17)23-8-3-2-4-9-23/h3-4,7-10,13H,2,5-6,11-12H2,1H3;3-4,7-8,11-14H,2,5-6,9-10H2,1H3;6-7,9,11,13H,3-5,8,10H2,1-2H3;2-3,6-7,10-11,23H,1,4-5,8-9H2;5-7,10-11H,2-4,8-9H2,1H3/t;;13-;;/m..0../s1. The van der Waals surface area contributed by atoms with Crippen LogP contribution < -0.4 is 29.2 Å². The van der Waals surface area contributed by atoms with Crippen LogP contribution >= 0.6 is 116 Å². The van der Waals surface area contributed by atoms with Crippen molar-refractivity contribution in [2.45, 2.75) is 137 Å². The van der Waals surface area contributed by atoms with Gasteiger partial charge >= 0.3 is 0 Å². The first-order chi connectivity index (χ1) is 65.3. The third kappa shape index (κ3) is 17.8. The minimum atomic E-state index is -0.336. The molecular weight excluding hydrogens is 1880 g/mol. The highest BCUT2D eigenvalue weighted by molar-refractivity contribution is 7.13. The van der Waals surface area contributed by atoms with Gasteiger partial charge < -0.3 is 34.2 Å². The fourth-order valence-electron chi connectivity index (χ4n) is 20.1.